The van der Waals surface area contributed by atoms with Crippen LogP contribution in [0.25, 0.3) is 10.9 Å². The minimum Gasteiger partial charge on any atom is -0.508 e. The highest BCUT2D eigenvalue weighted by Gasteiger charge is 2.28. The topological polar surface area (TPSA) is 130 Å². The van der Waals surface area contributed by atoms with E-state index in [-0.39, 0.29) is 24.5 Å². The standard InChI is InChI=1S/C28H33N3O6/c32-22-8-4-6-19(15-22)5-3-7-20(17-26(33)34)27(35)30-24-16-21-18-31(25-10-2-1-9-23(21)25)12-14-37-13-11-29-28(24)36/h1-2,4,6,8-10,15,18,20,24,32H,3,5,7,11-14,16-17H2,(H,29,36)(H,30,35)(H,33,34)/t20-,24?/m1/s1. The van der Waals surface area contributed by atoms with Crippen LogP contribution in [-0.2, 0) is 38.5 Å². The van der Waals surface area contributed by atoms with Crippen molar-refractivity contribution in [2.45, 2.75) is 44.7 Å². The number of nitrogens with zero attached hydrogens (tertiary/aromatic N) is 1. The van der Waals surface area contributed by atoms with Crippen LogP contribution in [0.15, 0.2) is 54.7 Å². The number of fused-ring (bicyclic) bond motifs is 5. The van der Waals surface area contributed by atoms with Gasteiger partial charge in [-0.15, -0.1) is 0 Å². The van der Waals surface area contributed by atoms with Gasteiger partial charge in [0.2, 0.25) is 11.8 Å². The second-order valence-corrected chi connectivity index (χ2v) is 9.39. The highest BCUT2D eigenvalue weighted by molar-refractivity contribution is 5.91. The molecular formula is C28H33N3O6. The van der Waals surface area contributed by atoms with Crippen LogP contribution in [0, 0.1) is 5.92 Å². The van der Waals surface area contributed by atoms with Gasteiger partial charge in [-0.2, -0.15) is 0 Å². The average Bonchev–Trinajstić information content (AvgIpc) is 3.21. The molecule has 0 radical (unpaired) electrons. The zero-order valence-electron chi connectivity index (χ0n) is 20.7. The van der Waals surface area contributed by atoms with E-state index in [1.54, 1.807) is 18.2 Å². The molecule has 37 heavy (non-hydrogen) atoms. The van der Waals surface area contributed by atoms with Crippen molar-refractivity contribution < 1.29 is 29.3 Å². The Kier molecular flexibility index (Phi) is 8.79. The van der Waals surface area contributed by atoms with Crippen LogP contribution < -0.4 is 10.6 Å². The third kappa shape index (κ3) is 7.10. The largest absolute Gasteiger partial charge is 0.508 e. The molecule has 2 amide bonds. The molecule has 0 spiro atoms. The quantitative estimate of drug-likeness (QED) is 0.371. The summed E-state index contributed by atoms with van der Waals surface area (Å²) < 4.78 is 7.75. The number of carboxylic acids is 1. The number of amides is 2. The number of aromatic hydroxyl groups is 1. The molecule has 4 rings (SSSR count). The minimum absolute atomic E-state index is 0.164. The molecule has 1 aliphatic rings. The lowest BCUT2D eigenvalue weighted by molar-refractivity contribution is -0.141. The van der Waals surface area contributed by atoms with Crippen molar-refractivity contribution in [3.63, 3.8) is 0 Å². The molecule has 1 aliphatic heterocycles. The fourth-order valence-corrected chi connectivity index (χ4v) is 4.83. The van der Waals surface area contributed by atoms with Gasteiger partial charge in [0, 0.05) is 42.5 Å². The van der Waals surface area contributed by atoms with Gasteiger partial charge in [0.1, 0.15) is 11.8 Å². The van der Waals surface area contributed by atoms with E-state index in [2.05, 4.69) is 15.2 Å². The predicted octanol–water partition coefficient (Wildman–Crippen LogP) is 2.63. The number of phenols is 1. The van der Waals surface area contributed by atoms with Crippen molar-refractivity contribution in [3.05, 3.63) is 65.9 Å². The summed E-state index contributed by atoms with van der Waals surface area (Å²) in [5, 5.41) is 25.8. The highest BCUT2D eigenvalue weighted by atomic mass is 16.5. The molecule has 2 atom stereocenters. The summed E-state index contributed by atoms with van der Waals surface area (Å²) in [7, 11) is 0. The molecular weight excluding hydrogens is 474 g/mol. The van der Waals surface area contributed by atoms with Crippen LogP contribution in [0.2, 0.25) is 0 Å². The second-order valence-electron chi connectivity index (χ2n) is 9.39. The van der Waals surface area contributed by atoms with E-state index in [9.17, 15) is 24.6 Å². The van der Waals surface area contributed by atoms with Crippen molar-refractivity contribution >= 4 is 28.7 Å². The number of aromatic nitrogens is 1. The lowest BCUT2D eigenvalue weighted by Gasteiger charge is -2.22. The predicted molar refractivity (Wildman–Crippen MR) is 138 cm³/mol. The summed E-state index contributed by atoms with van der Waals surface area (Å²) in [4.78, 5) is 37.9. The molecule has 196 valence electrons. The molecule has 0 saturated heterocycles. The lowest BCUT2D eigenvalue weighted by Crippen LogP contribution is -2.50. The van der Waals surface area contributed by atoms with Crippen molar-refractivity contribution in [1.29, 1.82) is 0 Å². The van der Waals surface area contributed by atoms with Gasteiger partial charge in [0.25, 0.3) is 0 Å². The van der Waals surface area contributed by atoms with E-state index in [0.29, 0.717) is 45.6 Å². The number of aliphatic carboxylic acids is 1. The van der Waals surface area contributed by atoms with Crippen molar-refractivity contribution in [2.75, 3.05) is 19.8 Å². The van der Waals surface area contributed by atoms with Gasteiger partial charge in [-0.3, -0.25) is 14.4 Å². The number of carbonyl (C=O) groups excluding carboxylic acids is 2. The Labute approximate surface area is 215 Å². The zero-order chi connectivity index (χ0) is 26.2. The number of benzene rings is 2. The number of phenolic OH excluding ortho intramolecular Hbond substituents is 1. The number of hydrogen-bond donors (Lipinski definition) is 4. The first kappa shape index (κ1) is 26.2. The molecule has 2 bridgehead atoms. The van der Waals surface area contributed by atoms with Crippen LogP contribution >= 0.6 is 0 Å². The van der Waals surface area contributed by atoms with Gasteiger partial charge in [-0.1, -0.05) is 30.3 Å². The van der Waals surface area contributed by atoms with E-state index in [0.717, 1.165) is 22.0 Å². The summed E-state index contributed by atoms with van der Waals surface area (Å²) in [6, 6.07) is 13.9. The van der Waals surface area contributed by atoms with Gasteiger partial charge in [-0.05, 0) is 48.6 Å². The van der Waals surface area contributed by atoms with Crippen molar-refractivity contribution in [1.82, 2.24) is 15.2 Å². The first-order chi connectivity index (χ1) is 17.9. The Hall–Kier alpha value is -3.85. The van der Waals surface area contributed by atoms with Gasteiger partial charge >= 0.3 is 5.97 Å². The maximum absolute atomic E-state index is 13.3. The minimum atomic E-state index is -1.07. The average molecular weight is 508 g/mol. The van der Waals surface area contributed by atoms with E-state index >= 15 is 0 Å². The smallest absolute Gasteiger partial charge is 0.304 e. The molecule has 2 heterocycles. The van der Waals surface area contributed by atoms with E-state index in [1.807, 2.05) is 36.5 Å². The molecule has 1 unspecified atom stereocenters. The molecule has 2 aromatic carbocycles. The maximum atomic E-state index is 13.3. The summed E-state index contributed by atoms with van der Waals surface area (Å²) in [5.41, 5.74) is 2.86. The molecule has 0 fully saturated rings. The van der Waals surface area contributed by atoms with Gasteiger partial charge in [0.15, 0.2) is 0 Å². The molecule has 3 aromatic rings. The SMILES string of the molecule is O=C(O)C[C@@H](CCCc1cccc(O)c1)C(=O)NC1Cc2cn(c3ccccc23)CCOCCNC1=O. The highest BCUT2D eigenvalue weighted by Crippen LogP contribution is 2.24. The van der Waals surface area contributed by atoms with E-state index in [4.69, 9.17) is 4.74 Å². The molecule has 0 aliphatic carbocycles. The molecule has 1 aromatic heterocycles. The number of hydrogen-bond acceptors (Lipinski definition) is 5. The fourth-order valence-electron chi connectivity index (χ4n) is 4.83. The van der Waals surface area contributed by atoms with Gasteiger partial charge in [-0.25, -0.2) is 0 Å². The summed E-state index contributed by atoms with van der Waals surface area (Å²) in [6.07, 6.45) is 3.46. The fraction of sp³-hybridized carbons (Fsp3) is 0.393. The summed E-state index contributed by atoms with van der Waals surface area (Å²) >= 11 is 0. The van der Waals surface area contributed by atoms with E-state index < -0.39 is 23.8 Å². The summed E-state index contributed by atoms with van der Waals surface area (Å²) in [6.45, 7) is 1.87. The monoisotopic (exact) mass is 507 g/mol. The first-order valence-electron chi connectivity index (χ1n) is 12.6. The number of ether oxygens (including phenoxy) is 1. The summed E-state index contributed by atoms with van der Waals surface area (Å²) in [5.74, 6) is -2.47. The van der Waals surface area contributed by atoms with Crippen molar-refractivity contribution in [2.24, 2.45) is 5.92 Å². The number of para-hydroxylation sites is 1. The number of aryl methyl sites for hydroxylation is 1. The lowest BCUT2D eigenvalue weighted by atomic mass is 9.94. The van der Waals surface area contributed by atoms with Gasteiger partial charge < -0.3 is 30.2 Å². The molecule has 9 nitrogen and oxygen atoms in total. The first-order valence-corrected chi connectivity index (χ1v) is 12.6. The molecule has 0 saturated carbocycles. The van der Waals surface area contributed by atoms with Crippen LogP contribution in [0.1, 0.15) is 30.4 Å². The Balaban J connectivity index is 1.50. The van der Waals surface area contributed by atoms with Crippen LogP contribution in [-0.4, -0.2) is 58.4 Å². The van der Waals surface area contributed by atoms with Crippen LogP contribution in [0.3, 0.4) is 0 Å². The normalized spacial score (nSPS) is 17.3. The molecule has 9 heteroatoms. The van der Waals surface area contributed by atoms with E-state index in [1.165, 1.54) is 0 Å². The van der Waals surface area contributed by atoms with Crippen LogP contribution in [0.4, 0.5) is 0 Å². The Morgan fingerprint density at radius 1 is 1.16 bits per heavy atom. The Morgan fingerprint density at radius 3 is 2.81 bits per heavy atom. The number of nitrogens with one attached hydrogen (secondary N) is 2. The molecule has 4 N–H and O–H groups in total. The maximum Gasteiger partial charge on any atom is 0.304 e. The zero-order valence-corrected chi connectivity index (χ0v) is 20.7. The van der Waals surface area contributed by atoms with Crippen LogP contribution in [0.5, 0.6) is 5.75 Å². The third-order valence-electron chi connectivity index (χ3n) is 6.67. The van der Waals surface area contributed by atoms with Gasteiger partial charge in [0.05, 0.1) is 19.6 Å². The second kappa shape index (κ2) is 12.4. The number of carbonyl (C=O) groups is 3. The Morgan fingerprint density at radius 2 is 2.00 bits per heavy atom. The number of rotatable bonds is 8. The number of carboxylic acid groups (broad SMARTS) is 1. The Bertz CT molecular complexity index is 1250. The third-order valence-corrected chi connectivity index (χ3v) is 6.67. The van der Waals surface area contributed by atoms with Crippen molar-refractivity contribution in [3.8, 4) is 5.75 Å².